The molecule has 0 spiro atoms. The summed E-state index contributed by atoms with van der Waals surface area (Å²) < 4.78 is 0. The molecular formula is C12H17N3O2. The summed E-state index contributed by atoms with van der Waals surface area (Å²) in [7, 11) is 0. The van der Waals surface area contributed by atoms with Crippen LogP contribution in [-0.4, -0.2) is 17.5 Å². The first-order valence-corrected chi connectivity index (χ1v) is 5.92. The van der Waals surface area contributed by atoms with Crippen molar-refractivity contribution in [2.75, 3.05) is 11.9 Å². The fourth-order valence-corrected chi connectivity index (χ4v) is 2.43. The van der Waals surface area contributed by atoms with Gasteiger partial charge < -0.3 is 11.1 Å². The molecule has 1 aliphatic carbocycles. The predicted molar refractivity (Wildman–Crippen MR) is 66.9 cm³/mol. The fraction of sp³-hybridized carbons (Fsp3) is 0.500. The standard InChI is InChI=1S/C12H17N3O2/c13-8-9-3-1-6-12(9)14-10-4-2-5-11(7-10)15(16)17/h2,4-5,7,9,12,14H,1,3,6,8,13H2. The van der Waals surface area contributed by atoms with Crippen molar-refractivity contribution < 1.29 is 4.92 Å². The summed E-state index contributed by atoms with van der Waals surface area (Å²) in [6, 6.07) is 6.99. The molecule has 0 heterocycles. The first kappa shape index (κ1) is 11.9. The van der Waals surface area contributed by atoms with Crippen molar-refractivity contribution in [3.05, 3.63) is 34.4 Å². The summed E-state index contributed by atoms with van der Waals surface area (Å²) in [6.45, 7) is 0.673. The Morgan fingerprint density at radius 3 is 3.00 bits per heavy atom. The van der Waals surface area contributed by atoms with Crippen molar-refractivity contribution in [2.24, 2.45) is 11.7 Å². The number of nitro groups is 1. The molecule has 92 valence electrons. The summed E-state index contributed by atoms with van der Waals surface area (Å²) in [5, 5.41) is 14.0. The lowest BCUT2D eigenvalue weighted by Crippen LogP contribution is -2.29. The van der Waals surface area contributed by atoms with Crippen LogP contribution in [0.5, 0.6) is 0 Å². The quantitative estimate of drug-likeness (QED) is 0.618. The lowest BCUT2D eigenvalue weighted by molar-refractivity contribution is -0.384. The minimum Gasteiger partial charge on any atom is -0.382 e. The smallest absolute Gasteiger partial charge is 0.271 e. The molecule has 2 atom stereocenters. The Kier molecular flexibility index (Phi) is 3.58. The second-order valence-electron chi connectivity index (χ2n) is 4.48. The number of benzene rings is 1. The maximum atomic E-state index is 10.7. The van der Waals surface area contributed by atoms with Crippen LogP contribution < -0.4 is 11.1 Å². The third kappa shape index (κ3) is 2.74. The van der Waals surface area contributed by atoms with E-state index in [0.29, 0.717) is 18.5 Å². The van der Waals surface area contributed by atoms with Gasteiger partial charge in [-0.05, 0) is 31.4 Å². The predicted octanol–water partition coefficient (Wildman–Crippen LogP) is 2.13. The van der Waals surface area contributed by atoms with E-state index in [4.69, 9.17) is 5.73 Å². The van der Waals surface area contributed by atoms with E-state index in [1.54, 1.807) is 12.1 Å². The number of nitrogens with zero attached hydrogens (tertiary/aromatic N) is 1. The van der Waals surface area contributed by atoms with Crippen LogP contribution in [0.2, 0.25) is 0 Å². The van der Waals surface area contributed by atoms with Crippen molar-refractivity contribution in [3.8, 4) is 0 Å². The second-order valence-corrected chi connectivity index (χ2v) is 4.48. The van der Waals surface area contributed by atoms with E-state index in [1.165, 1.54) is 12.5 Å². The molecule has 17 heavy (non-hydrogen) atoms. The average Bonchev–Trinajstić information content (AvgIpc) is 2.76. The highest BCUT2D eigenvalue weighted by molar-refractivity contribution is 5.51. The van der Waals surface area contributed by atoms with Crippen molar-refractivity contribution in [3.63, 3.8) is 0 Å². The third-order valence-corrected chi connectivity index (χ3v) is 3.37. The molecule has 1 saturated carbocycles. The third-order valence-electron chi connectivity index (χ3n) is 3.37. The van der Waals surface area contributed by atoms with Gasteiger partial charge in [0.05, 0.1) is 4.92 Å². The van der Waals surface area contributed by atoms with Crippen LogP contribution in [0.4, 0.5) is 11.4 Å². The van der Waals surface area contributed by atoms with Gasteiger partial charge in [-0.15, -0.1) is 0 Å². The minimum absolute atomic E-state index is 0.122. The molecule has 0 saturated heterocycles. The molecule has 5 heteroatoms. The summed E-state index contributed by atoms with van der Waals surface area (Å²) in [6.07, 6.45) is 3.40. The van der Waals surface area contributed by atoms with Crippen LogP contribution in [0.3, 0.4) is 0 Å². The Hall–Kier alpha value is -1.62. The van der Waals surface area contributed by atoms with E-state index >= 15 is 0 Å². The van der Waals surface area contributed by atoms with E-state index in [1.807, 2.05) is 6.07 Å². The molecule has 5 nitrogen and oxygen atoms in total. The Morgan fingerprint density at radius 1 is 1.47 bits per heavy atom. The molecule has 0 amide bonds. The molecule has 2 unspecified atom stereocenters. The molecule has 0 aromatic heterocycles. The number of anilines is 1. The maximum absolute atomic E-state index is 10.7. The van der Waals surface area contributed by atoms with Crippen LogP contribution in [0, 0.1) is 16.0 Å². The van der Waals surface area contributed by atoms with Gasteiger partial charge in [-0.25, -0.2) is 0 Å². The van der Waals surface area contributed by atoms with Gasteiger partial charge in [0.15, 0.2) is 0 Å². The largest absolute Gasteiger partial charge is 0.382 e. The van der Waals surface area contributed by atoms with E-state index < -0.39 is 0 Å². The van der Waals surface area contributed by atoms with Gasteiger partial charge in [-0.1, -0.05) is 12.5 Å². The zero-order valence-electron chi connectivity index (χ0n) is 9.63. The number of hydrogen-bond acceptors (Lipinski definition) is 4. The van der Waals surface area contributed by atoms with Crippen LogP contribution in [-0.2, 0) is 0 Å². The van der Waals surface area contributed by atoms with E-state index in [0.717, 1.165) is 18.5 Å². The van der Waals surface area contributed by atoms with E-state index in [9.17, 15) is 10.1 Å². The van der Waals surface area contributed by atoms with Crippen molar-refractivity contribution >= 4 is 11.4 Å². The van der Waals surface area contributed by atoms with Crippen molar-refractivity contribution in [1.29, 1.82) is 0 Å². The number of hydrogen-bond donors (Lipinski definition) is 2. The molecule has 1 fully saturated rings. The van der Waals surface area contributed by atoms with Gasteiger partial charge in [0, 0.05) is 23.9 Å². The first-order chi connectivity index (χ1) is 8.20. The van der Waals surface area contributed by atoms with Gasteiger partial charge in [-0.2, -0.15) is 0 Å². The Labute approximate surface area is 100 Å². The van der Waals surface area contributed by atoms with Crippen LogP contribution >= 0.6 is 0 Å². The molecule has 1 aliphatic rings. The molecule has 1 aromatic rings. The first-order valence-electron chi connectivity index (χ1n) is 5.92. The molecule has 3 N–H and O–H groups in total. The highest BCUT2D eigenvalue weighted by Crippen LogP contribution is 2.28. The summed E-state index contributed by atoms with van der Waals surface area (Å²) in [5.74, 6) is 0.481. The van der Waals surface area contributed by atoms with Crippen LogP contribution in [0.1, 0.15) is 19.3 Å². The number of nitrogens with two attached hydrogens (primary N) is 1. The van der Waals surface area contributed by atoms with Crippen LogP contribution in [0.15, 0.2) is 24.3 Å². The van der Waals surface area contributed by atoms with Gasteiger partial charge >= 0.3 is 0 Å². The molecule has 2 rings (SSSR count). The zero-order chi connectivity index (χ0) is 12.3. The minimum atomic E-state index is -0.375. The molecule has 1 aromatic carbocycles. The number of non-ortho nitro benzene ring substituents is 1. The van der Waals surface area contributed by atoms with Gasteiger partial charge in [0.25, 0.3) is 5.69 Å². The lowest BCUT2D eigenvalue weighted by atomic mass is 10.0. The summed E-state index contributed by atoms with van der Waals surface area (Å²) in [4.78, 5) is 10.3. The Morgan fingerprint density at radius 2 is 2.29 bits per heavy atom. The highest BCUT2D eigenvalue weighted by Gasteiger charge is 2.25. The normalized spacial score (nSPS) is 23.6. The maximum Gasteiger partial charge on any atom is 0.271 e. The molecule has 0 aliphatic heterocycles. The monoisotopic (exact) mass is 235 g/mol. The van der Waals surface area contributed by atoms with Crippen LogP contribution in [0.25, 0.3) is 0 Å². The van der Waals surface area contributed by atoms with E-state index in [2.05, 4.69) is 5.32 Å². The number of nitrogens with one attached hydrogen (secondary N) is 1. The zero-order valence-corrected chi connectivity index (χ0v) is 9.63. The highest BCUT2D eigenvalue weighted by atomic mass is 16.6. The molecular weight excluding hydrogens is 218 g/mol. The van der Waals surface area contributed by atoms with Gasteiger partial charge in [-0.3, -0.25) is 10.1 Å². The number of nitro benzene ring substituents is 1. The van der Waals surface area contributed by atoms with Gasteiger partial charge in [0.2, 0.25) is 0 Å². The fourth-order valence-electron chi connectivity index (χ4n) is 2.43. The molecule has 0 radical (unpaired) electrons. The Balaban J connectivity index is 2.07. The average molecular weight is 235 g/mol. The topological polar surface area (TPSA) is 81.2 Å². The SMILES string of the molecule is NCC1CCCC1Nc1cccc([N+](=O)[O-])c1. The number of rotatable bonds is 4. The second kappa shape index (κ2) is 5.14. The van der Waals surface area contributed by atoms with E-state index in [-0.39, 0.29) is 10.6 Å². The lowest BCUT2D eigenvalue weighted by Gasteiger charge is -2.20. The van der Waals surface area contributed by atoms with Gasteiger partial charge in [0.1, 0.15) is 0 Å². The summed E-state index contributed by atoms with van der Waals surface area (Å²) >= 11 is 0. The van der Waals surface area contributed by atoms with Crippen molar-refractivity contribution in [1.82, 2.24) is 0 Å². The summed E-state index contributed by atoms with van der Waals surface area (Å²) in [5.41, 5.74) is 6.64. The Bertz CT molecular complexity index is 408. The van der Waals surface area contributed by atoms with Crippen molar-refractivity contribution in [2.45, 2.75) is 25.3 Å². The molecule has 0 bridgehead atoms.